The second kappa shape index (κ2) is 11.9. The van der Waals surface area contributed by atoms with E-state index in [1.54, 1.807) is 0 Å². The number of alkyl halides is 6. The summed E-state index contributed by atoms with van der Waals surface area (Å²) in [5.74, 6) is 0.117. The molecule has 3 aliphatic rings. The number of hydrogen-bond donors (Lipinski definition) is 1. The molecular weight excluding hydrogens is 550 g/mol. The SMILES string of the molecule is CC(=O)O[C@@H]1C[C@@]2(O)[C@H](C)CC[C@@H]([C@H](C)CN3CCN(Cc4cc(C(F)(F)F)cc(C(F)(F)F)c4)CC3)[C@H]2C=C1C. The largest absolute Gasteiger partial charge is 0.458 e. The van der Waals surface area contributed by atoms with Crippen LogP contribution in [0.15, 0.2) is 29.8 Å². The molecule has 1 heterocycles. The van der Waals surface area contributed by atoms with Gasteiger partial charge >= 0.3 is 18.3 Å². The molecule has 1 aliphatic heterocycles. The highest BCUT2D eigenvalue weighted by atomic mass is 19.4. The second-order valence-corrected chi connectivity index (χ2v) is 12.3. The van der Waals surface area contributed by atoms with Crippen LogP contribution in [-0.2, 0) is 28.4 Å². The first kappa shape index (κ1) is 31.8. The minimum absolute atomic E-state index is 0.00362. The van der Waals surface area contributed by atoms with Crippen molar-refractivity contribution in [3.8, 4) is 0 Å². The maximum absolute atomic E-state index is 13.3. The summed E-state index contributed by atoms with van der Waals surface area (Å²) < 4.78 is 85.0. The molecule has 41 heavy (non-hydrogen) atoms. The van der Waals surface area contributed by atoms with Crippen LogP contribution in [-0.4, -0.2) is 65.3 Å². The fourth-order valence-corrected chi connectivity index (χ4v) is 7.04. The Labute approximate surface area is 237 Å². The van der Waals surface area contributed by atoms with Crippen LogP contribution in [0.1, 0.15) is 63.6 Å². The van der Waals surface area contributed by atoms with Crippen molar-refractivity contribution in [1.29, 1.82) is 0 Å². The van der Waals surface area contributed by atoms with E-state index in [0.29, 0.717) is 32.6 Å². The van der Waals surface area contributed by atoms with Crippen molar-refractivity contribution in [3.63, 3.8) is 0 Å². The Morgan fingerprint density at radius 1 is 1.02 bits per heavy atom. The quantitative estimate of drug-likeness (QED) is 0.245. The van der Waals surface area contributed by atoms with Crippen LogP contribution in [0.2, 0.25) is 0 Å². The summed E-state index contributed by atoms with van der Waals surface area (Å²) in [4.78, 5) is 15.8. The van der Waals surface area contributed by atoms with Gasteiger partial charge in [-0.3, -0.25) is 9.69 Å². The van der Waals surface area contributed by atoms with Gasteiger partial charge in [-0.05, 0) is 66.9 Å². The number of piperazine rings is 1. The lowest BCUT2D eigenvalue weighted by molar-refractivity contribution is -0.159. The standard InChI is InChI=1S/C30H40F6N2O3/c1-18-11-26-25(6-5-20(3)28(26,40)15-27(18)41-21(4)39)19(2)16-37-7-9-38(10-8-37)17-22-12-23(29(31,32)33)14-24(13-22)30(34,35)36/h11-14,19-20,25-27,40H,5-10,15-17H2,1-4H3/t19-,20-,25+,26-,27-,28-/m1/s1. The predicted molar refractivity (Wildman–Crippen MR) is 142 cm³/mol. The van der Waals surface area contributed by atoms with Crippen LogP contribution in [0.4, 0.5) is 26.3 Å². The number of carbonyl (C=O) groups excluding carboxylic acids is 1. The number of rotatable bonds is 6. The summed E-state index contributed by atoms with van der Waals surface area (Å²) in [6.45, 7) is 10.7. The molecular formula is C30H40F6N2O3. The van der Waals surface area contributed by atoms with Crippen molar-refractivity contribution < 1.29 is 41.0 Å². The van der Waals surface area contributed by atoms with Gasteiger partial charge < -0.3 is 14.7 Å². The summed E-state index contributed by atoms with van der Waals surface area (Å²) in [6, 6.07) is 1.77. The number of hydrogen-bond acceptors (Lipinski definition) is 5. The van der Waals surface area contributed by atoms with Crippen LogP contribution >= 0.6 is 0 Å². The van der Waals surface area contributed by atoms with Crippen LogP contribution in [0, 0.1) is 23.7 Å². The van der Waals surface area contributed by atoms with Crippen LogP contribution in [0.3, 0.4) is 0 Å². The van der Waals surface area contributed by atoms with Crippen molar-refractivity contribution in [1.82, 2.24) is 9.80 Å². The summed E-state index contributed by atoms with van der Waals surface area (Å²) in [6.07, 6.45) is -5.84. The molecule has 1 N–H and O–H groups in total. The van der Waals surface area contributed by atoms with Gasteiger partial charge in [0, 0.05) is 58.5 Å². The van der Waals surface area contributed by atoms with E-state index < -0.39 is 35.2 Å². The molecule has 0 aromatic heterocycles. The Morgan fingerprint density at radius 2 is 1.59 bits per heavy atom. The van der Waals surface area contributed by atoms with Gasteiger partial charge in [0.2, 0.25) is 0 Å². The zero-order chi connectivity index (χ0) is 30.3. The fraction of sp³-hybridized carbons (Fsp3) is 0.700. The lowest BCUT2D eigenvalue weighted by atomic mass is 9.57. The summed E-state index contributed by atoms with van der Waals surface area (Å²) in [5.41, 5.74) is -2.59. The van der Waals surface area contributed by atoms with E-state index in [-0.39, 0.29) is 47.8 Å². The highest BCUT2D eigenvalue weighted by Crippen LogP contribution is 2.51. The maximum Gasteiger partial charge on any atom is 0.416 e. The van der Waals surface area contributed by atoms with Gasteiger partial charge in [-0.2, -0.15) is 26.3 Å². The molecule has 0 radical (unpaired) electrons. The Hall–Kier alpha value is -2.11. The van der Waals surface area contributed by atoms with Gasteiger partial charge in [0.15, 0.2) is 0 Å². The van der Waals surface area contributed by atoms with E-state index in [4.69, 9.17) is 4.74 Å². The van der Waals surface area contributed by atoms with E-state index in [9.17, 15) is 36.2 Å². The van der Waals surface area contributed by atoms with Crippen molar-refractivity contribution in [2.24, 2.45) is 23.7 Å². The number of benzene rings is 1. The van der Waals surface area contributed by atoms with E-state index in [1.807, 2.05) is 11.8 Å². The van der Waals surface area contributed by atoms with Crippen LogP contribution in [0.25, 0.3) is 0 Å². The van der Waals surface area contributed by atoms with E-state index in [1.165, 1.54) is 6.92 Å². The van der Waals surface area contributed by atoms with Crippen molar-refractivity contribution in [2.45, 2.75) is 77.6 Å². The molecule has 0 spiro atoms. The smallest absolute Gasteiger partial charge is 0.416 e. The normalized spacial score (nSPS) is 30.9. The maximum atomic E-state index is 13.3. The minimum atomic E-state index is -4.86. The molecule has 4 rings (SSSR count). The molecule has 0 bridgehead atoms. The highest BCUT2D eigenvalue weighted by molar-refractivity contribution is 5.66. The van der Waals surface area contributed by atoms with Crippen molar-refractivity contribution >= 4 is 5.97 Å². The molecule has 0 unspecified atom stereocenters. The van der Waals surface area contributed by atoms with Gasteiger partial charge in [-0.25, -0.2) is 0 Å². The monoisotopic (exact) mass is 590 g/mol. The first-order chi connectivity index (χ1) is 19.0. The molecule has 2 fully saturated rings. The van der Waals surface area contributed by atoms with Gasteiger partial charge in [-0.1, -0.05) is 19.9 Å². The molecule has 0 amide bonds. The zero-order valence-corrected chi connectivity index (χ0v) is 24.0. The number of halogens is 6. The first-order valence-electron chi connectivity index (χ1n) is 14.3. The molecule has 1 aromatic carbocycles. The minimum Gasteiger partial charge on any atom is -0.458 e. The van der Waals surface area contributed by atoms with Gasteiger partial charge in [-0.15, -0.1) is 0 Å². The third-order valence-electron chi connectivity index (χ3n) is 9.39. The molecule has 6 atom stereocenters. The average Bonchev–Trinajstić information content (AvgIpc) is 2.86. The van der Waals surface area contributed by atoms with Gasteiger partial charge in [0.05, 0.1) is 16.7 Å². The van der Waals surface area contributed by atoms with Gasteiger partial charge in [0.1, 0.15) is 6.10 Å². The molecule has 230 valence electrons. The Morgan fingerprint density at radius 3 is 2.12 bits per heavy atom. The number of fused-ring (bicyclic) bond motifs is 1. The zero-order valence-electron chi connectivity index (χ0n) is 24.0. The third kappa shape index (κ3) is 7.28. The summed E-state index contributed by atoms with van der Waals surface area (Å²) >= 11 is 0. The summed E-state index contributed by atoms with van der Waals surface area (Å²) in [5, 5.41) is 11.8. The molecule has 1 saturated heterocycles. The topological polar surface area (TPSA) is 53.0 Å². The van der Waals surface area contributed by atoms with Crippen molar-refractivity contribution in [2.75, 3.05) is 32.7 Å². The first-order valence-corrected chi connectivity index (χ1v) is 14.3. The lowest BCUT2D eigenvalue weighted by Gasteiger charge is -2.53. The molecule has 1 saturated carbocycles. The number of aliphatic hydroxyl groups is 1. The lowest BCUT2D eigenvalue weighted by Crippen LogP contribution is -2.56. The Bertz CT molecular complexity index is 1100. The van der Waals surface area contributed by atoms with E-state index >= 15 is 0 Å². The number of ether oxygens (including phenoxy) is 1. The highest BCUT2D eigenvalue weighted by Gasteiger charge is 2.52. The van der Waals surface area contributed by atoms with Crippen LogP contribution in [0.5, 0.6) is 0 Å². The molecule has 5 nitrogen and oxygen atoms in total. The number of nitrogens with zero attached hydrogens (tertiary/aromatic N) is 2. The molecule has 2 aliphatic carbocycles. The Kier molecular flexibility index (Phi) is 9.22. The Balaban J connectivity index is 1.38. The average molecular weight is 591 g/mol. The number of esters is 1. The predicted octanol–water partition coefficient (Wildman–Crippen LogP) is 6.15. The molecule has 1 aromatic rings. The van der Waals surface area contributed by atoms with Crippen molar-refractivity contribution in [3.05, 3.63) is 46.5 Å². The van der Waals surface area contributed by atoms with Gasteiger partial charge in [0.25, 0.3) is 0 Å². The third-order valence-corrected chi connectivity index (χ3v) is 9.39. The molecule has 11 heteroatoms. The second-order valence-electron chi connectivity index (χ2n) is 12.3. The van der Waals surface area contributed by atoms with E-state index in [2.05, 4.69) is 24.8 Å². The number of carbonyl (C=O) groups is 1. The van der Waals surface area contributed by atoms with Crippen LogP contribution < -0.4 is 0 Å². The van der Waals surface area contributed by atoms with E-state index in [0.717, 1.165) is 37.1 Å². The fourth-order valence-electron chi connectivity index (χ4n) is 7.04. The summed E-state index contributed by atoms with van der Waals surface area (Å²) in [7, 11) is 0.